The molecule has 210 valence electrons. The summed E-state index contributed by atoms with van der Waals surface area (Å²) in [4.78, 5) is 9.31. The Morgan fingerprint density at radius 3 is 2.49 bits per heavy atom. The van der Waals surface area contributed by atoms with Gasteiger partial charge in [0.15, 0.2) is 21.3 Å². The summed E-state index contributed by atoms with van der Waals surface area (Å²) < 4.78 is 41.3. The monoisotopic (exact) mass is 586 g/mol. The molecule has 6 rings (SSSR count). The van der Waals surface area contributed by atoms with Crippen molar-refractivity contribution in [2.24, 2.45) is 7.05 Å². The van der Waals surface area contributed by atoms with Crippen LogP contribution >= 0.6 is 11.3 Å². The SMILES string of the molecule is COc1cc2c(-c3cc4c(C(NCc5cccs5)S(=O)(=O)c5ccc(C)cc5)ccnc4[nH]3)cn(C)c2cc1OC. The number of nitrogens with one attached hydrogen (secondary N) is 2. The molecule has 10 heteroatoms. The molecule has 0 aliphatic carbocycles. The van der Waals surface area contributed by atoms with E-state index in [9.17, 15) is 8.42 Å². The average Bonchev–Trinajstić information content (AvgIpc) is 3.72. The minimum absolute atomic E-state index is 0.266. The Balaban J connectivity index is 1.50. The Morgan fingerprint density at radius 1 is 1.02 bits per heavy atom. The zero-order valence-electron chi connectivity index (χ0n) is 23.1. The van der Waals surface area contributed by atoms with Gasteiger partial charge in [-0.1, -0.05) is 23.8 Å². The number of rotatable bonds is 9. The minimum Gasteiger partial charge on any atom is -0.493 e. The molecule has 1 unspecified atom stereocenters. The molecule has 0 radical (unpaired) electrons. The number of nitrogens with zero attached hydrogens (tertiary/aromatic N) is 2. The normalized spacial score (nSPS) is 12.7. The van der Waals surface area contributed by atoms with Gasteiger partial charge in [0, 0.05) is 59.0 Å². The molecule has 8 nitrogen and oxygen atoms in total. The number of fused-ring (bicyclic) bond motifs is 2. The highest BCUT2D eigenvalue weighted by molar-refractivity contribution is 7.91. The number of aromatic nitrogens is 3. The smallest absolute Gasteiger partial charge is 0.198 e. The Morgan fingerprint density at radius 2 is 1.78 bits per heavy atom. The Kier molecular flexibility index (Phi) is 7.06. The highest BCUT2D eigenvalue weighted by atomic mass is 32.2. The van der Waals surface area contributed by atoms with Crippen LogP contribution in [-0.2, 0) is 23.4 Å². The summed E-state index contributed by atoms with van der Waals surface area (Å²) in [6.07, 6.45) is 3.68. The van der Waals surface area contributed by atoms with Crippen LogP contribution in [0, 0.1) is 6.92 Å². The second-order valence-corrected chi connectivity index (χ2v) is 13.0. The van der Waals surface area contributed by atoms with Crippen molar-refractivity contribution < 1.29 is 17.9 Å². The third kappa shape index (κ3) is 4.88. The minimum atomic E-state index is -3.80. The molecule has 0 bridgehead atoms. The third-order valence-corrected chi connectivity index (χ3v) is 10.2. The lowest BCUT2D eigenvalue weighted by atomic mass is 10.1. The summed E-state index contributed by atoms with van der Waals surface area (Å²) in [5.41, 5.74) is 4.98. The highest BCUT2D eigenvalue weighted by Gasteiger charge is 2.31. The number of ether oxygens (including phenoxy) is 2. The van der Waals surface area contributed by atoms with E-state index >= 15 is 0 Å². The molecule has 0 fully saturated rings. The van der Waals surface area contributed by atoms with Crippen molar-refractivity contribution in [1.29, 1.82) is 0 Å². The number of thiophene rings is 1. The van der Waals surface area contributed by atoms with Crippen molar-refractivity contribution in [2.45, 2.75) is 23.7 Å². The molecule has 0 aliphatic heterocycles. The van der Waals surface area contributed by atoms with Crippen LogP contribution in [0.15, 0.2) is 83.3 Å². The standard InChI is InChI=1S/C31H30N4O4S2/c1-19-7-9-21(10-8-19)41(36,37)31(33-17-20-6-5-13-40-20)22-11-12-32-30-24(22)14-26(34-30)25-18-35(2)27-16-29(39-4)28(38-3)15-23(25)27/h5-16,18,31,33H,17H2,1-4H3,(H,32,34). The summed E-state index contributed by atoms with van der Waals surface area (Å²) in [5, 5.41) is 6.04. The molecule has 0 saturated heterocycles. The summed E-state index contributed by atoms with van der Waals surface area (Å²) in [6.45, 7) is 2.36. The van der Waals surface area contributed by atoms with E-state index < -0.39 is 15.2 Å². The number of benzene rings is 2. The number of aromatic amines is 1. The Hall–Kier alpha value is -4.12. The topological polar surface area (TPSA) is 98.2 Å². The van der Waals surface area contributed by atoms with Gasteiger partial charge in [0.25, 0.3) is 0 Å². The first-order valence-electron chi connectivity index (χ1n) is 13.1. The second-order valence-electron chi connectivity index (χ2n) is 9.92. The van der Waals surface area contributed by atoms with Crippen LogP contribution in [0.25, 0.3) is 33.2 Å². The molecule has 0 spiro atoms. The molecule has 0 aliphatic rings. The Bertz CT molecular complexity index is 1960. The molecular weight excluding hydrogens is 556 g/mol. The summed E-state index contributed by atoms with van der Waals surface area (Å²) in [5.74, 6) is 1.28. The van der Waals surface area contributed by atoms with Crippen LogP contribution in [0.2, 0.25) is 0 Å². The van der Waals surface area contributed by atoms with E-state index in [0.717, 1.165) is 38.0 Å². The molecule has 4 heterocycles. The van der Waals surface area contributed by atoms with Gasteiger partial charge in [-0.15, -0.1) is 11.3 Å². The first-order valence-corrected chi connectivity index (χ1v) is 15.5. The molecule has 0 saturated carbocycles. The van der Waals surface area contributed by atoms with E-state index in [-0.39, 0.29) is 4.90 Å². The predicted molar refractivity (Wildman–Crippen MR) is 163 cm³/mol. The van der Waals surface area contributed by atoms with Gasteiger partial charge in [-0.3, -0.25) is 5.32 Å². The molecule has 1 atom stereocenters. The fourth-order valence-electron chi connectivity index (χ4n) is 5.20. The molecule has 0 amide bonds. The van der Waals surface area contributed by atoms with E-state index in [0.29, 0.717) is 29.3 Å². The number of pyridine rings is 1. The van der Waals surface area contributed by atoms with Crippen molar-refractivity contribution in [2.75, 3.05) is 14.2 Å². The van der Waals surface area contributed by atoms with Gasteiger partial charge in [0.1, 0.15) is 11.0 Å². The van der Waals surface area contributed by atoms with Gasteiger partial charge in [0.2, 0.25) is 0 Å². The summed E-state index contributed by atoms with van der Waals surface area (Å²) in [6, 6.07) is 18.6. The van der Waals surface area contributed by atoms with Crippen LogP contribution in [0.1, 0.15) is 21.4 Å². The van der Waals surface area contributed by atoms with E-state index in [2.05, 4.69) is 15.3 Å². The van der Waals surface area contributed by atoms with Crippen molar-refractivity contribution >= 4 is 43.1 Å². The maximum atomic E-state index is 14.1. The number of aryl methyl sites for hydroxylation is 2. The maximum Gasteiger partial charge on any atom is 0.198 e. The second kappa shape index (κ2) is 10.7. The van der Waals surface area contributed by atoms with Crippen molar-refractivity contribution in [3.8, 4) is 22.8 Å². The van der Waals surface area contributed by atoms with Crippen LogP contribution in [0.3, 0.4) is 0 Å². The molecule has 4 aromatic heterocycles. The van der Waals surface area contributed by atoms with E-state index in [1.807, 2.05) is 72.6 Å². The number of H-pyrrole nitrogens is 1. The van der Waals surface area contributed by atoms with E-state index in [1.165, 1.54) is 0 Å². The van der Waals surface area contributed by atoms with Gasteiger partial charge in [-0.25, -0.2) is 13.4 Å². The molecule has 2 N–H and O–H groups in total. The fourth-order valence-corrected chi connectivity index (χ4v) is 7.49. The number of hydrogen-bond donors (Lipinski definition) is 2. The van der Waals surface area contributed by atoms with E-state index in [4.69, 9.17) is 9.47 Å². The maximum absolute atomic E-state index is 14.1. The molecule has 41 heavy (non-hydrogen) atoms. The highest BCUT2D eigenvalue weighted by Crippen LogP contribution is 2.40. The van der Waals surface area contributed by atoms with Crippen LogP contribution in [0.4, 0.5) is 0 Å². The Labute approximate surface area is 242 Å². The molecular formula is C31H30N4O4S2. The lowest BCUT2D eigenvalue weighted by Crippen LogP contribution is -2.28. The van der Waals surface area contributed by atoms with E-state index in [1.54, 1.807) is 50.0 Å². The summed E-state index contributed by atoms with van der Waals surface area (Å²) >= 11 is 1.59. The largest absolute Gasteiger partial charge is 0.493 e. The van der Waals surface area contributed by atoms with Crippen LogP contribution in [0.5, 0.6) is 11.5 Å². The zero-order valence-corrected chi connectivity index (χ0v) is 24.8. The molecule has 6 aromatic rings. The fraction of sp³-hybridized carbons (Fsp3) is 0.194. The van der Waals surface area contributed by atoms with Gasteiger partial charge >= 0.3 is 0 Å². The van der Waals surface area contributed by atoms with Crippen LogP contribution < -0.4 is 14.8 Å². The first kappa shape index (κ1) is 27.1. The van der Waals surface area contributed by atoms with Gasteiger partial charge in [-0.2, -0.15) is 0 Å². The number of hydrogen-bond acceptors (Lipinski definition) is 7. The molecule has 2 aromatic carbocycles. The quantitative estimate of drug-likeness (QED) is 0.204. The zero-order chi connectivity index (χ0) is 28.7. The lowest BCUT2D eigenvalue weighted by molar-refractivity contribution is 0.355. The van der Waals surface area contributed by atoms with Gasteiger partial charge in [-0.05, 0) is 54.3 Å². The number of sulfone groups is 1. The average molecular weight is 587 g/mol. The number of methoxy groups -OCH3 is 2. The predicted octanol–water partition coefficient (Wildman–Crippen LogP) is 6.37. The van der Waals surface area contributed by atoms with Crippen LogP contribution in [-0.4, -0.2) is 37.2 Å². The van der Waals surface area contributed by atoms with Crippen molar-refractivity contribution in [3.63, 3.8) is 0 Å². The third-order valence-electron chi connectivity index (χ3n) is 7.33. The lowest BCUT2D eigenvalue weighted by Gasteiger charge is -2.20. The summed E-state index contributed by atoms with van der Waals surface area (Å²) in [7, 11) is 1.41. The first-order chi connectivity index (χ1) is 19.8. The van der Waals surface area contributed by atoms with Gasteiger partial charge in [0.05, 0.1) is 24.6 Å². The van der Waals surface area contributed by atoms with Gasteiger partial charge < -0.3 is 19.0 Å². The van der Waals surface area contributed by atoms with Crippen molar-refractivity contribution in [3.05, 3.63) is 94.4 Å². The van der Waals surface area contributed by atoms with Crippen molar-refractivity contribution in [1.82, 2.24) is 19.9 Å².